The molecule has 0 spiro atoms. The molecule has 0 fully saturated rings. The number of rotatable bonds is 6. The molecule has 10 aromatic rings. The van der Waals surface area contributed by atoms with Crippen LogP contribution >= 0.6 is 11.3 Å². The van der Waals surface area contributed by atoms with Crippen molar-refractivity contribution < 1.29 is 0 Å². The van der Waals surface area contributed by atoms with E-state index >= 15 is 0 Å². The molecular weight excluding hydrogens is 663 g/mol. The molecule has 0 aliphatic rings. The molecule has 0 N–H and O–H groups in total. The molecule has 0 aliphatic heterocycles. The van der Waals surface area contributed by atoms with Crippen molar-refractivity contribution in [2.75, 3.05) is 0 Å². The van der Waals surface area contributed by atoms with Crippen molar-refractivity contribution in [2.45, 2.75) is 0 Å². The molecule has 10 rings (SSSR count). The third kappa shape index (κ3) is 5.57. The number of thiophene rings is 1. The van der Waals surface area contributed by atoms with Crippen LogP contribution in [0.3, 0.4) is 0 Å². The fraction of sp³-hybridized carbons (Fsp3) is 0. The van der Waals surface area contributed by atoms with Crippen LogP contribution < -0.4 is 0 Å². The highest BCUT2D eigenvalue weighted by Crippen LogP contribution is 2.44. The normalized spacial score (nSPS) is 11.4. The highest BCUT2D eigenvalue weighted by molar-refractivity contribution is 7.26. The molecule has 0 amide bonds. The summed E-state index contributed by atoms with van der Waals surface area (Å²) in [5.41, 5.74) is 9.80. The second-order valence-electron chi connectivity index (χ2n) is 13.2. The van der Waals surface area contributed by atoms with E-state index in [2.05, 4.69) is 170 Å². The second kappa shape index (κ2) is 13.1. The Kier molecular flexibility index (Phi) is 7.67. The van der Waals surface area contributed by atoms with E-state index in [4.69, 9.17) is 15.0 Å². The topological polar surface area (TPSA) is 38.7 Å². The van der Waals surface area contributed by atoms with Crippen LogP contribution in [0.4, 0.5) is 0 Å². The van der Waals surface area contributed by atoms with Gasteiger partial charge < -0.3 is 0 Å². The van der Waals surface area contributed by atoms with E-state index in [9.17, 15) is 0 Å². The Bertz CT molecular complexity index is 2950. The highest BCUT2D eigenvalue weighted by atomic mass is 32.1. The summed E-state index contributed by atoms with van der Waals surface area (Å²) in [7, 11) is 0. The first-order chi connectivity index (χ1) is 26.3. The van der Waals surface area contributed by atoms with Crippen LogP contribution in [0.2, 0.25) is 0 Å². The van der Waals surface area contributed by atoms with E-state index < -0.39 is 0 Å². The maximum atomic E-state index is 5.40. The summed E-state index contributed by atoms with van der Waals surface area (Å²) in [6.45, 7) is 0. The van der Waals surface area contributed by atoms with E-state index in [0.717, 1.165) is 49.7 Å². The minimum Gasteiger partial charge on any atom is -0.208 e. The molecule has 2 aromatic heterocycles. The lowest BCUT2D eigenvalue weighted by atomic mass is 9.88. The zero-order valence-electron chi connectivity index (χ0n) is 28.6. The molecule has 0 unspecified atom stereocenters. The summed E-state index contributed by atoms with van der Waals surface area (Å²) in [5.74, 6) is 1.95. The molecule has 3 nitrogen and oxygen atoms in total. The summed E-state index contributed by atoms with van der Waals surface area (Å²) >= 11 is 1.79. The number of hydrogen-bond acceptors (Lipinski definition) is 4. The van der Waals surface area contributed by atoms with E-state index in [1.807, 2.05) is 18.2 Å². The Hall–Kier alpha value is -6.75. The molecule has 0 atom stereocenters. The predicted octanol–water partition coefficient (Wildman–Crippen LogP) is 13.4. The Morgan fingerprint density at radius 3 is 1.75 bits per heavy atom. The largest absolute Gasteiger partial charge is 0.208 e. The average molecular weight is 694 g/mol. The van der Waals surface area contributed by atoms with Crippen LogP contribution in [-0.4, -0.2) is 15.0 Å². The lowest BCUT2D eigenvalue weighted by molar-refractivity contribution is 1.08. The first-order valence-electron chi connectivity index (χ1n) is 17.8. The van der Waals surface area contributed by atoms with Gasteiger partial charge in [-0.15, -0.1) is 11.3 Å². The third-order valence-electron chi connectivity index (χ3n) is 9.96. The molecule has 0 saturated carbocycles. The van der Waals surface area contributed by atoms with Gasteiger partial charge in [0, 0.05) is 36.9 Å². The first-order valence-corrected chi connectivity index (χ1v) is 18.6. The van der Waals surface area contributed by atoms with Crippen LogP contribution in [0.25, 0.3) is 98.5 Å². The number of fused-ring (bicyclic) bond motifs is 4. The first kappa shape index (κ1) is 31.0. The lowest BCUT2D eigenvalue weighted by Crippen LogP contribution is -2.02. The minimum absolute atomic E-state index is 0.645. The van der Waals surface area contributed by atoms with Gasteiger partial charge in [-0.2, -0.15) is 0 Å². The molecule has 53 heavy (non-hydrogen) atoms. The van der Waals surface area contributed by atoms with E-state index in [1.54, 1.807) is 11.3 Å². The van der Waals surface area contributed by atoms with Crippen molar-refractivity contribution in [3.8, 4) is 67.5 Å². The summed E-state index contributed by atoms with van der Waals surface area (Å²) < 4.78 is 2.42. The summed E-state index contributed by atoms with van der Waals surface area (Å²) in [5, 5.41) is 4.68. The Balaban J connectivity index is 1.24. The van der Waals surface area contributed by atoms with E-state index in [0.29, 0.717) is 17.5 Å². The molecule has 4 heteroatoms. The molecule has 0 radical (unpaired) electrons. The van der Waals surface area contributed by atoms with Crippen LogP contribution in [0.15, 0.2) is 188 Å². The van der Waals surface area contributed by atoms with Gasteiger partial charge in [0.1, 0.15) is 0 Å². The predicted molar refractivity (Wildman–Crippen MR) is 223 cm³/mol. The monoisotopic (exact) mass is 693 g/mol. The highest BCUT2D eigenvalue weighted by Gasteiger charge is 2.21. The van der Waals surface area contributed by atoms with Crippen LogP contribution in [0.5, 0.6) is 0 Å². The Labute approximate surface area is 311 Å². The summed E-state index contributed by atoms with van der Waals surface area (Å²) in [6.07, 6.45) is 0. The molecule has 0 saturated heterocycles. The van der Waals surface area contributed by atoms with Gasteiger partial charge >= 0.3 is 0 Å². The maximum Gasteiger partial charge on any atom is 0.165 e. The van der Waals surface area contributed by atoms with Crippen molar-refractivity contribution in [1.29, 1.82) is 0 Å². The van der Waals surface area contributed by atoms with Crippen molar-refractivity contribution in [3.05, 3.63) is 188 Å². The van der Waals surface area contributed by atoms with Crippen molar-refractivity contribution in [2.24, 2.45) is 0 Å². The average Bonchev–Trinajstić information content (AvgIpc) is 3.63. The molecular formula is C49H31N3S. The van der Waals surface area contributed by atoms with Crippen LogP contribution in [-0.2, 0) is 0 Å². The van der Waals surface area contributed by atoms with Crippen LogP contribution in [0, 0.1) is 0 Å². The van der Waals surface area contributed by atoms with Gasteiger partial charge in [0.2, 0.25) is 0 Å². The fourth-order valence-electron chi connectivity index (χ4n) is 7.45. The SMILES string of the molecule is c1ccc(-c2cccc(-c3ccccc3-c3ccc4ccccc4c3-c3nc(-c4ccccc4)nc(-c4cccc5c4sc4ccccc45)n3)c2)cc1. The Morgan fingerprint density at radius 1 is 0.321 bits per heavy atom. The van der Waals surface area contributed by atoms with Gasteiger partial charge in [-0.25, -0.2) is 15.0 Å². The number of benzene rings is 8. The zero-order valence-corrected chi connectivity index (χ0v) is 29.5. The van der Waals surface area contributed by atoms with Crippen molar-refractivity contribution in [3.63, 3.8) is 0 Å². The molecule has 0 aliphatic carbocycles. The van der Waals surface area contributed by atoms with Gasteiger partial charge in [-0.05, 0) is 62.4 Å². The number of aromatic nitrogens is 3. The molecule has 8 aromatic carbocycles. The summed E-state index contributed by atoms with van der Waals surface area (Å²) in [4.78, 5) is 15.9. The zero-order chi connectivity index (χ0) is 35.1. The minimum atomic E-state index is 0.645. The fourth-order valence-corrected chi connectivity index (χ4v) is 8.66. The van der Waals surface area contributed by atoms with Gasteiger partial charge in [0.15, 0.2) is 17.5 Å². The standard InChI is InChI=1S/C49H31N3S/c1-3-15-32(16-4-1)35-20-13-21-36(31-35)37-22-9-10-24-39(37)41-30-29-33-17-7-8-23-38(33)45(41)49-51-47(34-18-5-2-6-19-34)50-48(52-49)43-27-14-26-42-40-25-11-12-28-44(40)53-46(42)43/h1-31H. The second-order valence-corrected chi connectivity index (χ2v) is 14.2. The van der Waals surface area contributed by atoms with E-state index in [-0.39, 0.29) is 0 Å². The lowest BCUT2D eigenvalue weighted by Gasteiger charge is -2.17. The molecule has 0 bridgehead atoms. The van der Waals surface area contributed by atoms with Crippen LogP contribution in [0.1, 0.15) is 0 Å². The molecule has 248 valence electrons. The Morgan fingerprint density at radius 2 is 0.906 bits per heavy atom. The van der Waals surface area contributed by atoms with Gasteiger partial charge in [0.25, 0.3) is 0 Å². The van der Waals surface area contributed by atoms with Gasteiger partial charge in [-0.3, -0.25) is 0 Å². The van der Waals surface area contributed by atoms with Crippen molar-refractivity contribution in [1.82, 2.24) is 15.0 Å². The molecule has 2 heterocycles. The van der Waals surface area contributed by atoms with Gasteiger partial charge in [-0.1, -0.05) is 170 Å². The van der Waals surface area contributed by atoms with E-state index in [1.165, 1.54) is 31.3 Å². The number of nitrogens with zero attached hydrogens (tertiary/aromatic N) is 3. The van der Waals surface area contributed by atoms with Crippen molar-refractivity contribution >= 4 is 42.3 Å². The maximum absolute atomic E-state index is 5.40. The number of hydrogen-bond donors (Lipinski definition) is 0. The third-order valence-corrected chi connectivity index (χ3v) is 11.2. The van der Waals surface area contributed by atoms with Gasteiger partial charge in [0.05, 0.1) is 0 Å². The summed E-state index contributed by atoms with van der Waals surface area (Å²) in [6, 6.07) is 66.3. The smallest absolute Gasteiger partial charge is 0.165 e. The quantitative estimate of drug-likeness (QED) is 0.174.